The first-order chi connectivity index (χ1) is 9.18. The molecule has 2 rings (SSSR count). The van der Waals surface area contributed by atoms with Crippen molar-refractivity contribution in [1.82, 2.24) is 15.0 Å². The van der Waals surface area contributed by atoms with Gasteiger partial charge < -0.3 is 0 Å². The van der Waals surface area contributed by atoms with Gasteiger partial charge in [0, 0.05) is 34.0 Å². The van der Waals surface area contributed by atoms with Gasteiger partial charge in [0.1, 0.15) is 6.33 Å². The molecule has 0 aliphatic rings. The maximum atomic E-state index is 4.46. The number of hydrogen-bond acceptors (Lipinski definition) is 3. The van der Waals surface area contributed by atoms with Gasteiger partial charge in [-0.05, 0) is 18.2 Å². The van der Waals surface area contributed by atoms with Gasteiger partial charge in [-0.25, -0.2) is 9.97 Å². The Kier molecular flexibility index (Phi) is 3.63. The highest BCUT2D eigenvalue weighted by Crippen LogP contribution is 2.27. The van der Waals surface area contributed by atoms with Crippen LogP contribution in [-0.2, 0) is 10.8 Å². The van der Waals surface area contributed by atoms with Gasteiger partial charge in [0.15, 0.2) is 0 Å². The predicted octanol–water partition coefficient (Wildman–Crippen LogP) is 4.13. The quantitative estimate of drug-likeness (QED) is 0.781. The van der Waals surface area contributed by atoms with E-state index in [4.69, 9.17) is 0 Å². The molecular formula is C17H23N3. The van der Waals surface area contributed by atoms with Crippen LogP contribution in [0.4, 0.5) is 0 Å². The molecule has 0 aromatic carbocycles. The van der Waals surface area contributed by atoms with Crippen LogP contribution in [-0.4, -0.2) is 15.0 Å². The van der Waals surface area contributed by atoms with Crippen molar-refractivity contribution in [3.63, 3.8) is 0 Å². The molecule has 0 atom stereocenters. The average Bonchev–Trinajstić information content (AvgIpc) is 2.37. The van der Waals surface area contributed by atoms with Crippen molar-refractivity contribution in [2.45, 2.75) is 52.4 Å². The topological polar surface area (TPSA) is 38.7 Å². The molecule has 0 bridgehead atoms. The summed E-state index contributed by atoms with van der Waals surface area (Å²) >= 11 is 0. The summed E-state index contributed by atoms with van der Waals surface area (Å²) in [5.74, 6) is 0. The van der Waals surface area contributed by atoms with E-state index in [1.54, 1.807) is 6.33 Å². The molecule has 2 aromatic rings. The highest BCUT2D eigenvalue weighted by Gasteiger charge is 2.18. The van der Waals surface area contributed by atoms with Gasteiger partial charge in [-0.2, -0.15) is 0 Å². The number of hydrogen-bond donors (Lipinski definition) is 0. The lowest BCUT2D eigenvalue weighted by Crippen LogP contribution is -2.14. The SMILES string of the molecule is CC(C)(C)c1cc(-c2cc(C(C)(C)C)ncn2)ccn1. The molecule has 106 valence electrons. The summed E-state index contributed by atoms with van der Waals surface area (Å²) in [6.45, 7) is 13.0. The monoisotopic (exact) mass is 269 g/mol. The van der Waals surface area contributed by atoms with Crippen LogP contribution in [0.5, 0.6) is 0 Å². The van der Waals surface area contributed by atoms with E-state index in [-0.39, 0.29) is 10.8 Å². The molecule has 0 aliphatic heterocycles. The van der Waals surface area contributed by atoms with Crippen LogP contribution >= 0.6 is 0 Å². The molecule has 3 heteroatoms. The van der Waals surface area contributed by atoms with Crippen molar-refractivity contribution in [3.8, 4) is 11.3 Å². The molecule has 0 amide bonds. The lowest BCUT2D eigenvalue weighted by atomic mass is 9.89. The third kappa shape index (κ3) is 3.21. The van der Waals surface area contributed by atoms with Crippen molar-refractivity contribution < 1.29 is 0 Å². The number of rotatable bonds is 1. The second-order valence-corrected chi connectivity index (χ2v) is 7.22. The van der Waals surface area contributed by atoms with E-state index in [0.717, 1.165) is 22.6 Å². The molecule has 20 heavy (non-hydrogen) atoms. The minimum absolute atomic E-state index is 0.0254. The largest absolute Gasteiger partial charge is 0.261 e. The molecule has 2 heterocycles. The molecule has 2 aromatic heterocycles. The second-order valence-electron chi connectivity index (χ2n) is 7.22. The average molecular weight is 269 g/mol. The molecular weight excluding hydrogens is 246 g/mol. The van der Waals surface area contributed by atoms with Crippen LogP contribution in [0.2, 0.25) is 0 Å². The van der Waals surface area contributed by atoms with Crippen molar-refractivity contribution in [2.75, 3.05) is 0 Å². The van der Waals surface area contributed by atoms with Gasteiger partial charge in [0.25, 0.3) is 0 Å². The number of aromatic nitrogens is 3. The maximum Gasteiger partial charge on any atom is 0.116 e. The third-order valence-corrected chi connectivity index (χ3v) is 3.26. The van der Waals surface area contributed by atoms with E-state index in [1.807, 2.05) is 12.3 Å². The van der Waals surface area contributed by atoms with Crippen LogP contribution in [0, 0.1) is 0 Å². The van der Waals surface area contributed by atoms with E-state index in [9.17, 15) is 0 Å². The molecule has 0 radical (unpaired) electrons. The lowest BCUT2D eigenvalue weighted by molar-refractivity contribution is 0.566. The van der Waals surface area contributed by atoms with Crippen molar-refractivity contribution >= 4 is 0 Å². The highest BCUT2D eigenvalue weighted by molar-refractivity contribution is 5.59. The standard InChI is InChI=1S/C17H23N3/c1-16(2,3)14-9-12(7-8-18-14)13-10-15(17(4,5)6)20-11-19-13/h7-11H,1-6H3. The first-order valence-corrected chi connectivity index (χ1v) is 6.97. The minimum atomic E-state index is 0.0254. The lowest BCUT2D eigenvalue weighted by Gasteiger charge is -2.19. The van der Waals surface area contributed by atoms with Gasteiger partial charge in [0.05, 0.1) is 5.69 Å². The van der Waals surface area contributed by atoms with Crippen LogP contribution in [0.15, 0.2) is 30.7 Å². The smallest absolute Gasteiger partial charge is 0.116 e. The molecule has 0 fully saturated rings. The fraction of sp³-hybridized carbons (Fsp3) is 0.471. The molecule has 0 saturated heterocycles. The first-order valence-electron chi connectivity index (χ1n) is 6.97. The van der Waals surface area contributed by atoms with Crippen LogP contribution in [0.25, 0.3) is 11.3 Å². The summed E-state index contributed by atoms with van der Waals surface area (Å²) in [6, 6.07) is 6.20. The van der Waals surface area contributed by atoms with E-state index >= 15 is 0 Å². The molecule has 3 nitrogen and oxygen atoms in total. The Labute approximate surface area is 121 Å². The Morgan fingerprint density at radius 3 is 1.95 bits per heavy atom. The van der Waals surface area contributed by atoms with Crippen molar-refractivity contribution in [1.29, 1.82) is 0 Å². The zero-order chi connectivity index (χ0) is 15.0. The van der Waals surface area contributed by atoms with E-state index < -0.39 is 0 Å². The number of pyridine rings is 1. The molecule has 0 unspecified atom stereocenters. The van der Waals surface area contributed by atoms with Crippen LogP contribution in [0.1, 0.15) is 52.9 Å². The zero-order valence-corrected chi connectivity index (χ0v) is 13.2. The van der Waals surface area contributed by atoms with Gasteiger partial charge in [-0.15, -0.1) is 0 Å². The first kappa shape index (κ1) is 14.6. The van der Waals surface area contributed by atoms with Crippen molar-refractivity contribution in [2.24, 2.45) is 0 Å². The molecule has 0 aliphatic carbocycles. The van der Waals surface area contributed by atoms with Crippen LogP contribution in [0.3, 0.4) is 0 Å². The zero-order valence-electron chi connectivity index (χ0n) is 13.2. The fourth-order valence-electron chi connectivity index (χ4n) is 1.93. The third-order valence-electron chi connectivity index (χ3n) is 3.26. The maximum absolute atomic E-state index is 4.46. The second kappa shape index (κ2) is 4.97. The predicted molar refractivity (Wildman–Crippen MR) is 82.7 cm³/mol. The summed E-state index contributed by atoms with van der Waals surface area (Å²) in [4.78, 5) is 13.3. The van der Waals surface area contributed by atoms with Gasteiger partial charge in [-0.3, -0.25) is 4.98 Å². The summed E-state index contributed by atoms with van der Waals surface area (Å²) in [6.07, 6.45) is 3.50. The highest BCUT2D eigenvalue weighted by atomic mass is 14.8. The summed E-state index contributed by atoms with van der Waals surface area (Å²) in [5, 5.41) is 0. The molecule has 0 saturated carbocycles. The normalized spacial score (nSPS) is 12.5. The summed E-state index contributed by atoms with van der Waals surface area (Å²) < 4.78 is 0. The number of nitrogens with zero attached hydrogens (tertiary/aromatic N) is 3. The Hall–Kier alpha value is -1.77. The van der Waals surface area contributed by atoms with Crippen molar-refractivity contribution in [3.05, 3.63) is 42.1 Å². The van der Waals surface area contributed by atoms with Gasteiger partial charge in [-0.1, -0.05) is 41.5 Å². The van der Waals surface area contributed by atoms with Crippen LogP contribution < -0.4 is 0 Å². The van der Waals surface area contributed by atoms with E-state index in [1.165, 1.54) is 0 Å². The Morgan fingerprint density at radius 1 is 0.750 bits per heavy atom. The van der Waals surface area contributed by atoms with Gasteiger partial charge in [0.2, 0.25) is 0 Å². The minimum Gasteiger partial charge on any atom is -0.261 e. The fourth-order valence-corrected chi connectivity index (χ4v) is 1.93. The molecule has 0 spiro atoms. The van der Waals surface area contributed by atoms with E-state index in [0.29, 0.717) is 0 Å². The summed E-state index contributed by atoms with van der Waals surface area (Å²) in [5.41, 5.74) is 4.24. The Morgan fingerprint density at radius 2 is 1.35 bits per heavy atom. The van der Waals surface area contributed by atoms with E-state index in [2.05, 4.69) is 68.6 Å². The van der Waals surface area contributed by atoms with Gasteiger partial charge >= 0.3 is 0 Å². The molecule has 0 N–H and O–H groups in total. The summed E-state index contributed by atoms with van der Waals surface area (Å²) in [7, 11) is 0. The Balaban J connectivity index is 2.47. The Bertz CT molecular complexity index is 549.